The van der Waals surface area contributed by atoms with E-state index in [0.29, 0.717) is 31.7 Å². The van der Waals surface area contributed by atoms with Gasteiger partial charge in [-0.2, -0.15) is 0 Å². The number of rotatable bonds is 5. The van der Waals surface area contributed by atoms with Gasteiger partial charge in [-0.05, 0) is 50.5 Å². The maximum absolute atomic E-state index is 12.5. The standard InChI is InChI=1S/C20H23NO5/c1-13-3-5-17(14(2)11-13)25-12-16-4-6-18(26-16)19(22)21-9-7-15(8-10-21)20(23)24/h3-6,11,15H,7-10,12H2,1-2H3,(H,23,24). The summed E-state index contributed by atoms with van der Waals surface area (Å²) in [6, 6.07) is 9.34. The highest BCUT2D eigenvalue weighted by atomic mass is 16.5. The molecule has 2 aromatic rings. The Bertz CT molecular complexity index is 802. The van der Waals surface area contributed by atoms with Gasteiger partial charge in [-0.15, -0.1) is 0 Å². The van der Waals surface area contributed by atoms with Gasteiger partial charge in [0.15, 0.2) is 5.76 Å². The van der Waals surface area contributed by atoms with Gasteiger partial charge in [0.05, 0.1) is 5.92 Å². The predicted molar refractivity (Wildman–Crippen MR) is 95.2 cm³/mol. The molecule has 0 unspecified atom stereocenters. The predicted octanol–water partition coefficient (Wildman–Crippen LogP) is 3.41. The smallest absolute Gasteiger partial charge is 0.306 e. The number of furan rings is 1. The van der Waals surface area contributed by atoms with Crippen LogP contribution in [-0.2, 0) is 11.4 Å². The lowest BCUT2D eigenvalue weighted by Crippen LogP contribution is -2.40. The van der Waals surface area contributed by atoms with Crippen molar-refractivity contribution in [3.05, 3.63) is 53.0 Å². The average Bonchev–Trinajstić information content (AvgIpc) is 3.09. The van der Waals surface area contributed by atoms with Gasteiger partial charge in [0.25, 0.3) is 5.91 Å². The van der Waals surface area contributed by atoms with Gasteiger partial charge < -0.3 is 19.2 Å². The van der Waals surface area contributed by atoms with E-state index < -0.39 is 5.97 Å². The van der Waals surface area contributed by atoms with Crippen molar-refractivity contribution < 1.29 is 23.8 Å². The number of aliphatic carboxylic acids is 1. The Kier molecular flexibility index (Phi) is 5.30. The normalized spacial score (nSPS) is 15.1. The fraction of sp³-hybridized carbons (Fsp3) is 0.400. The minimum absolute atomic E-state index is 0.202. The number of carbonyl (C=O) groups excluding carboxylic acids is 1. The molecule has 0 saturated carbocycles. The summed E-state index contributed by atoms with van der Waals surface area (Å²) in [5.41, 5.74) is 2.22. The topological polar surface area (TPSA) is 80.0 Å². The van der Waals surface area contributed by atoms with Crippen LogP contribution in [0.3, 0.4) is 0 Å². The van der Waals surface area contributed by atoms with Crippen molar-refractivity contribution in [1.82, 2.24) is 4.90 Å². The van der Waals surface area contributed by atoms with Crippen LogP contribution in [-0.4, -0.2) is 35.0 Å². The maximum atomic E-state index is 12.5. The number of piperidine rings is 1. The quantitative estimate of drug-likeness (QED) is 0.887. The minimum Gasteiger partial charge on any atom is -0.485 e. The van der Waals surface area contributed by atoms with E-state index in [2.05, 4.69) is 0 Å². The van der Waals surface area contributed by atoms with E-state index in [1.54, 1.807) is 17.0 Å². The van der Waals surface area contributed by atoms with Crippen LogP contribution < -0.4 is 4.74 Å². The molecule has 6 heteroatoms. The van der Waals surface area contributed by atoms with Gasteiger partial charge in [0, 0.05) is 13.1 Å². The molecule has 0 bridgehead atoms. The molecule has 1 amide bonds. The van der Waals surface area contributed by atoms with Crippen molar-refractivity contribution in [1.29, 1.82) is 0 Å². The van der Waals surface area contributed by atoms with E-state index in [0.717, 1.165) is 11.3 Å². The van der Waals surface area contributed by atoms with Crippen molar-refractivity contribution in [3.8, 4) is 5.75 Å². The van der Waals surface area contributed by atoms with E-state index >= 15 is 0 Å². The second kappa shape index (κ2) is 7.64. The minimum atomic E-state index is -0.791. The van der Waals surface area contributed by atoms with Crippen LogP contribution in [0.2, 0.25) is 0 Å². The summed E-state index contributed by atoms with van der Waals surface area (Å²) in [4.78, 5) is 25.1. The summed E-state index contributed by atoms with van der Waals surface area (Å²) >= 11 is 0. The van der Waals surface area contributed by atoms with Gasteiger partial charge in [-0.1, -0.05) is 17.7 Å². The van der Waals surface area contributed by atoms with E-state index in [1.807, 2.05) is 32.0 Å². The Morgan fingerprint density at radius 3 is 2.58 bits per heavy atom. The number of hydrogen-bond acceptors (Lipinski definition) is 4. The second-order valence-corrected chi connectivity index (χ2v) is 6.73. The summed E-state index contributed by atoms with van der Waals surface area (Å²) in [5.74, 6) is 0.271. The number of ether oxygens (including phenoxy) is 1. The number of hydrogen-bond donors (Lipinski definition) is 1. The Balaban J connectivity index is 1.57. The van der Waals surface area contributed by atoms with E-state index in [1.165, 1.54) is 5.56 Å². The monoisotopic (exact) mass is 357 g/mol. The molecule has 1 saturated heterocycles. The summed E-state index contributed by atoms with van der Waals surface area (Å²) in [7, 11) is 0. The van der Waals surface area contributed by atoms with Crippen LogP contribution in [0.5, 0.6) is 5.75 Å². The molecule has 138 valence electrons. The molecule has 1 aromatic carbocycles. The molecular formula is C20H23NO5. The summed E-state index contributed by atoms with van der Waals surface area (Å²) in [6.07, 6.45) is 0.953. The molecule has 0 radical (unpaired) electrons. The number of likely N-dealkylation sites (tertiary alicyclic amines) is 1. The first kappa shape index (κ1) is 18.0. The number of carbonyl (C=O) groups is 2. The lowest BCUT2D eigenvalue weighted by molar-refractivity contribution is -0.143. The third-order valence-corrected chi connectivity index (χ3v) is 4.70. The third kappa shape index (κ3) is 4.07. The first-order valence-electron chi connectivity index (χ1n) is 8.75. The molecule has 2 heterocycles. The fourth-order valence-electron chi connectivity index (χ4n) is 3.17. The molecule has 0 aliphatic carbocycles. The van der Waals surface area contributed by atoms with Crippen LogP contribution >= 0.6 is 0 Å². The number of amides is 1. The molecular weight excluding hydrogens is 334 g/mol. The zero-order valence-electron chi connectivity index (χ0n) is 15.0. The Morgan fingerprint density at radius 2 is 1.92 bits per heavy atom. The maximum Gasteiger partial charge on any atom is 0.306 e. The van der Waals surface area contributed by atoms with Gasteiger partial charge >= 0.3 is 5.97 Å². The molecule has 1 aromatic heterocycles. The zero-order chi connectivity index (χ0) is 18.7. The highest BCUT2D eigenvalue weighted by Gasteiger charge is 2.28. The summed E-state index contributed by atoms with van der Waals surface area (Å²) < 4.78 is 11.4. The molecule has 1 aliphatic heterocycles. The van der Waals surface area contributed by atoms with Crippen LogP contribution in [0.25, 0.3) is 0 Å². The van der Waals surface area contributed by atoms with Gasteiger partial charge in [0.2, 0.25) is 0 Å². The molecule has 0 atom stereocenters. The van der Waals surface area contributed by atoms with Crippen LogP contribution in [0.1, 0.15) is 40.3 Å². The lowest BCUT2D eigenvalue weighted by Gasteiger charge is -2.29. The Labute approximate surface area is 152 Å². The van der Waals surface area contributed by atoms with E-state index in [-0.39, 0.29) is 24.2 Å². The lowest BCUT2D eigenvalue weighted by atomic mass is 9.97. The highest BCUT2D eigenvalue weighted by molar-refractivity contribution is 5.91. The van der Waals surface area contributed by atoms with Gasteiger partial charge in [0.1, 0.15) is 18.1 Å². The van der Waals surface area contributed by atoms with Gasteiger partial charge in [-0.25, -0.2) is 0 Å². The fourth-order valence-corrected chi connectivity index (χ4v) is 3.17. The van der Waals surface area contributed by atoms with Crippen LogP contribution in [0.15, 0.2) is 34.7 Å². The third-order valence-electron chi connectivity index (χ3n) is 4.70. The van der Waals surface area contributed by atoms with Crippen molar-refractivity contribution in [2.75, 3.05) is 13.1 Å². The second-order valence-electron chi connectivity index (χ2n) is 6.73. The molecule has 1 aliphatic rings. The van der Waals surface area contributed by atoms with Crippen LogP contribution in [0.4, 0.5) is 0 Å². The van der Waals surface area contributed by atoms with Crippen molar-refractivity contribution in [3.63, 3.8) is 0 Å². The average molecular weight is 357 g/mol. The molecule has 1 fully saturated rings. The highest BCUT2D eigenvalue weighted by Crippen LogP contribution is 2.22. The number of carboxylic acid groups (broad SMARTS) is 1. The first-order valence-corrected chi connectivity index (χ1v) is 8.75. The van der Waals surface area contributed by atoms with Crippen LogP contribution in [0, 0.1) is 19.8 Å². The molecule has 0 spiro atoms. The molecule has 1 N–H and O–H groups in total. The molecule has 26 heavy (non-hydrogen) atoms. The Morgan fingerprint density at radius 1 is 1.19 bits per heavy atom. The number of nitrogens with zero attached hydrogens (tertiary/aromatic N) is 1. The molecule has 6 nitrogen and oxygen atoms in total. The number of benzene rings is 1. The van der Waals surface area contributed by atoms with Gasteiger partial charge in [-0.3, -0.25) is 9.59 Å². The largest absolute Gasteiger partial charge is 0.485 e. The zero-order valence-corrected chi connectivity index (χ0v) is 15.0. The van der Waals surface area contributed by atoms with Crippen molar-refractivity contribution >= 4 is 11.9 Å². The molecule has 3 rings (SSSR count). The number of carboxylic acids is 1. The van der Waals surface area contributed by atoms with Crippen molar-refractivity contribution in [2.24, 2.45) is 5.92 Å². The van der Waals surface area contributed by atoms with E-state index in [9.17, 15) is 9.59 Å². The van der Waals surface area contributed by atoms with Crippen molar-refractivity contribution in [2.45, 2.75) is 33.3 Å². The summed E-state index contributed by atoms with van der Waals surface area (Å²) in [5, 5.41) is 9.04. The SMILES string of the molecule is Cc1ccc(OCc2ccc(C(=O)N3CCC(C(=O)O)CC3)o2)c(C)c1. The summed E-state index contributed by atoms with van der Waals surface area (Å²) in [6.45, 7) is 5.13. The first-order chi connectivity index (χ1) is 12.4. The number of aryl methyl sites for hydroxylation is 2. The Hall–Kier alpha value is -2.76. The van der Waals surface area contributed by atoms with E-state index in [4.69, 9.17) is 14.3 Å².